The second kappa shape index (κ2) is 8.77. The first-order chi connectivity index (χ1) is 14.1. The van der Waals surface area contributed by atoms with E-state index in [4.69, 9.17) is 4.74 Å². The number of phenolic OH excluding ortho intramolecular Hbond substituents is 1. The number of aryl methyl sites for hydroxylation is 1. The van der Waals surface area contributed by atoms with Crippen molar-refractivity contribution in [3.05, 3.63) is 67.0 Å². The first-order valence-electron chi connectivity index (χ1n) is 8.13. The van der Waals surface area contributed by atoms with Gasteiger partial charge in [0.1, 0.15) is 0 Å². The first-order valence-corrected chi connectivity index (χ1v) is 8.13. The van der Waals surface area contributed by atoms with Crippen LogP contribution in [0.2, 0.25) is 0 Å². The molecule has 12 nitrogen and oxygen atoms in total. The molecule has 0 atom stereocenters. The van der Waals surface area contributed by atoms with Crippen LogP contribution in [0, 0.1) is 27.2 Å². The van der Waals surface area contributed by atoms with Crippen molar-refractivity contribution in [1.29, 1.82) is 0 Å². The summed E-state index contributed by atoms with van der Waals surface area (Å²) in [5, 5.41) is 32.5. The lowest BCUT2D eigenvalue weighted by molar-refractivity contribution is -0.386. The van der Waals surface area contributed by atoms with Crippen molar-refractivity contribution in [2.45, 2.75) is 6.92 Å². The Morgan fingerprint density at radius 2 is 1.80 bits per heavy atom. The lowest BCUT2D eigenvalue weighted by Crippen LogP contribution is -2.13. The second-order valence-corrected chi connectivity index (χ2v) is 5.78. The van der Waals surface area contributed by atoms with Crippen molar-refractivity contribution in [3.8, 4) is 11.5 Å². The molecule has 1 aromatic carbocycles. The highest BCUT2D eigenvalue weighted by atomic mass is 16.6. The molecule has 2 rings (SSSR count). The average molecular weight is 417 g/mol. The smallest absolute Gasteiger partial charge is 0.356 e. The number of carbonyl (C=O) groups is 2. The molecule has 0 amide bonds. The number of hydrogen-bond donors (Lipinski definition) is 1. The topological polar surface area (TPSA) is 172 Å². The van der Waals surface area contributed by atoms with Crippen molar-refractivity contribution in [2.75, 3.05) is 14.2 Å². The number of aromatic hydroxyl groups is 1. The van der Waals surface area contributed by atoms with Crippen LogP contribution in [-0.4, -0.2) is 45.9 Å². The molecule has 0 aliphatic rings. The Labute approximate surface area is 168 Å². The van der Waals surface area contributed by atoms with Crippen LogP contribution in [0.5, 0.6) is 11.5 Å². The van der Waals surface area contributed by atoms with Crippen LogP contribution in [0.4, 0.5) is 11.4 Å². The Hall–Kier alpha value is -4.35. The SMILES string of the molecule is COC(=O)c1nc(C(=O)C=Cc2ccc(OC)c(O)c2[N+](=O)[O-])c([N+](=O)[O-])cc1C. The van der Waals surface area contributed by atoms with Gasteiger partial charge in [0.2, 0.25) is 11.5 Å². The molecule has 0 unspecified atom stereocenters. The van der Waals surface area contributed by atoms with E-state index in [1.807, 2.05) is 0 Å². The van der Waals surface area contributed by atoms with Crippen molar-refractivity contribution >= 4 is 29.2 Å². The van der Waals surface area contributed by atoms with Crippen LogP contribution < -0.4 is 4.74 Å². The molecule has 30 heavy (non-hydrogen) atoms. The summed E-state index contributed by atoms with van der Waals surface area (Å²) >= 11 is 0. The highest BCUT2D eigenvalue weighted by Gasteiger charge is 2.26. The van der Waals surface area contributed by atoms with Crippen molar-refractivity contribution < 1.29 is 34.0 Å². The Kier molecular flexibility index (Phi) is 6.42. The maximum Gasteiger partial charge on any atom is 0.356 e. The van der Waals surface area contributed by atoms with Gasteiger partial charge in [0, 0.05) is 6.07 Å². The highest BCUT2D eigenvalue weighted by Crippen LogP contribution is 2.39. The standard InChI is InChI=1S/C18H15N3O9/c1-9-8-11(20(25)26)15(19-14(9)18(24)30-3)12(22)6-4-10-5-7-13(29-2)17(23)16(10)21(27)28/h4-8,23H,1-3H3. The van der Waals surface area contributed by atoms with Gasteiger partial charge >= 0.3 is 11.7 Å². The molecule has 0 spiro atoms. The molecular weight excluding hydrogens is 402 g/mol. The first kappa shape index (κ1) is 21.9. The highest BCUT2D eigenvalue weighted by molar-refractivity contribution is 6.09. The van der Waals surface area contributed by atoms with E-state index in [0.29, 0.717) is 0 Å². The van der Waals surface area contributed by atoms with Crippen LogP contribution >= 0.6 is 0 Å². The van der Waals surface area contributed by atoms with E-state index in [0.717, 1.165) is 25.3 Å². The maximum atomic E-state index is 12.5. The molecule has 1 heterocycles. The number of allylic oxidation sites excluding steroid dienone is 1. The molecule has 0 fully saturated rings. The summed E-state index contributed by atoms with van der Waals surface area (Å²) < 4.78 is 9.35. The minimum atomic E-state index is -0.989. The average Bonchev–Trinajstić information content (AvgIpc) is 2.70. The van der Waals surface area contributed by atoms with Crippen molar-refractivity contribution in [2.24, 2.45) is 0 Å². The van der Waals surface area contributed by atoms with Gasteiger partial charge in [-0.1, -0.05) is 0 Å². The van der Waals surface area contributed by atoms with Gasteiger partial charge in [-0.15, -0.1) is 0 Å². The van der Waals surface area contributed by atoms with Crippen LogP contribution in [0.1, 0.15) is 32.1 Å². The molecule has 0 bridgehead atoms. The number of benzene rings is 1. The fourth-order valence-corrected chi connectivity index (χ4v) is 2.54. The summed E-state index contributed by atoms with van der Waals surface area (Å²) in [5.74, 6) is -2.78. The van der Waals surface area contributed by atoms with E-state index in [1.54, 1.807) is 0 Å². The molecule has 0 saturated carbocycles. The van der Waals surface area contributed by atoms with Gasteiger partial charge in [-0.25, -0.2) is 9.78 Å². The number of ketones is 1. The number of nitrogens with zero attached hydrogens (tertiary/aromatic N) is 3. The molecule has 12 heteroatoms. The fourth-order valence-electron chi connectivity index (χ4n) is 2.54. The number of carbonyl (C=O) groups excluding carboxylic acids is 2. The number of hydrogen-bond acceptors (Lipinski definition) is 10. The van der Waals surface area contributed by atoms with E-state index in [9.17, 15) is 34.9 Å². The minimum Gasteiger partial charge on any atom is -0.499 e. The van der Waals surface area contributed by atoms with Gasteiger partial charge in [0.15, 0.2) is 17.1 Å². The number of nitro benzene ring substituents is 1. The molecule has 0 saturated heterocycles. The van der Waals surface area contributed by atoms with Crippen LogP contribution in [0.15, 0.2) is 24.3 Å². The molecule has 156 valence electrons. The van der Waals surface area contributed by atoms with Gasteiger partial charge in [0.25, 0.3) is 5.69 Å². The Balaban J connectivity index is 2.56. The molecule has 0 aliphatic carbocycles. The number of phenols is 1. The Morgan fingerprint density at radius 3 is 2.33 bits per heavy atom. The minimum absolute atomic E-state index is 0.129. The van der Waals surface area contributed by atoms with Gasteiger partial charge in [0.05, 0.1) is 29.6 Å². The van der Waals surface area contributed by atoms with Gasteiger partial charge in [-0.3, -0.25) is 25.0 Å². The summed E-state index contributed by atoms with van der Waals surface area (Å²) in [6, 6.07) is 3.47. The third kappa shape index (κ3) is 4.22. The number of pyridine rings is 1. The van der Waals surface area contributed by atoms with Gasteiger partial charge in [-0.2, -0.15) is 0 Å². The van der Waals surface area contributed by atoms with Crippen molar-refractivity contribution in [3.63, 3.8) is 0 Å². The number of esters is 1. The lowest BCUT2D eigenvalue weighted by atomic mass is 10.1. The number of rotatable bonds is 7. The van der Waals surface area contributed by atoms with E-state index in [1.165, 1.54) is 26.2 Å². The summed E-state index contributed by atoms with van der Waals surface area (Å²) in [6.45, 7) is 1.39. The van der Waals surface area contributed by atoms with Crippen molar-refractivity contribution in [1.82, 2.24) is 4.98 Å². The third-order valence-corrected chi connectivity index (χ3v) is 3.96. The lowest BCUT2D eigenvalue weighted by Gasteiger charge is -2.06. The summed E-state index contributed by atoms with van der Waals surface area (Å²) in [5.41, 5.74) is -2.34. The van der Waals surface area contributed by atoms with Crippen LogP contribution in [0.3, 0.4) is 0 Å². The number of methoxy groups -OCH3 is 2. The van der Waals surface area contributed by atoms with E-state index in [2.05, 4.69) is 9.72 Å². The second-order valence-electron chi connectivity index (χ2n) is 5.78. The number of aromatic nitrogens is 1. The molecular formula is C18H15N3O9. The normalized spacial score (nSPS) is 10.6. The molecule has 1 N–H and O–H groups in total. The molecule has 0 aliphatic heterocycles. The summed E-state index contributed by atoms with van der Waals surface area (Å²) in [4.78, 5) is 49.0. The molecule has 1 aromatic heterocycles. The summed E-state index contributed by atoms with van der Waals surface area (Å²) in [7, 11) is 2.29. The number of ether oxygens (including phenoxy) is 2. The zero-order valence-corrected chi connectivity index (χ0v) is 15.9. The van der Waals surface area contributed by atoms with E-state index in [-0.39, 0.29) is 22.6 Å². The summed E-state index contributed by atoms with van der Waals surface area (Å²) in [6.07, 6.45) is 1.79. The van der Waals surface area contributed by atoms with Crippen LogP contribution in [0.25, 0.3) is 6.08 Å². The predicted octanol–water partition coefficient (Wildman–Crippen LogP) is 2.60. The zero-order valence-electron chi connectivity index (χ0n) is 15.9. The Morgan fingerprint density at radius 1 is 1.13 bits per heavy atom. The largest absolute Gasteiger partial charge is 0.499 e. The fraction of sp³-hybridized carbons (Fsp3) is 0.167. The Bertz CT molecular complexity index is 1090. The quantitative estimate of drug-likeness (QED) is 0.232. The molecule has 2 aromatic rings. The van der Waals surface area contributed by atoms with E-state index >= 15 is 0 Å². The van der Waals surface area contributed by atoms with Gasteiger partial charge in [-0.05, 0) is 36.8 Å². The number of nitro groups is 2. The monoisotopic (exact) mass is 417 g/mol. The maximum absolute atomic E-state index is 12.5. The zero-order chi connectivity index (χ0) is 22.6. The third-order valence-electron chi connectivity index (χ3n) is 3.96. The predicted molar refractivity (Wildman–Crippen MR) is 102 cm³/mol. The molecule has 0 radical (unpaired) electrons. The van der Waals surface area contributed by atoms with Gasteiger partial charge < -0.3 is 14.6 Å². The van der Waals surface area contributed by atoms with E-state index < -0.39 is 44.4 Å². The van der Waals surface area contributed by atoms with Crippen LogP contribution in [-0.2, 0) is 4.74 Å².